The lowest BCUT2D eigenvalue weighted by Gasteiger charge is -2.26. The Kier molecular flexibility index (Phi) is 12.9. The minimum absolute atomic E-state index is 0.0649. The van der Waals surface area contributed by atoms with Crippen LogP contribution in [-0.4, -0.2) is 16.8 Å². The van der Waals surface area contributed by atoms with Crippen molar-refractivity contribution in [2.75, 3.05) is 9.80 Å². The summed E-state index contributed by atoms with van der Waals surface area (Å²) in [6.07, 6.45) is 2.80. The number of hydrogen-bond donors (Lipinski definition) is 0. The molecule has 0 radical (unpaired) electrons. The maximum absolute atomic E-state index is 13.2. The Morgan fingerprint density at radius 3 is 1.12 bits per heavy atom. The molecule has 0 saturated carbocycles. The average Bonchev–Trinajstić information content (AvgIpc) is 3.35. The van der Waals surface area contributed by atoms with Gasteiger partial charge < -0.3 is 9.80 Å². The first-order chi connectivity index (χ1) is 31.9. The molecule has 0 aliphatic rings. The van der Waals surface area contributed by atoms with E-state index in [0.29, 0.717) is 11.1 Å². The summed E-state index contributed by atoms with van der Waals surface area (Å²) in [5.41, 5.74) is 10.9. The maximum Gasteiger partial charge on any atom is 0.283 e. The van der Waals surface area contributed by atoms with E-state index in [1.54, 1.807) is 48.5 Å². The number of nitrogens with zero attached hydrogens (tertiary/aromatic N) is 4. The van der Waals surface area contributed by atoms with Crippen molar-refractivity contribution >= 4 is 66.0 Å². The number of allylic oxidation sites excluding steroid dienone is 1. The van der Waals surface area contributed by atoms with Crippen molar-refractivity contribution in [2.24, 2.45) is 0 Å². The van der Waals surface area contributed by atoms with Gasteiger partial charge in [0.1, 0.15) is 11.0 Å². The predicted molar refractivity (Wildman–Crippen MR) is 266 cm³/mol. The van der Waals surface area contributed by atoms with E-state index >= 15 is 0 Å². The summed E-state index contributed by atoms with van der Waals surface area (Å²) in [7, 11) is -7.96. The Morgan fingerprint density at radius 1 is 0.455 bits per heavy atom. The van der Waals surface area contributed by atoms with Crippen LogP contribution in [0.5, 0.6) is 0 Å². The predicted octanol–water partition coefficient (Wildman–Crippen LogP) is 13.9. The van der Waals surface area contributed by atoms with Crippen molar-refractivity contribution in [2.45, 2.75) is 23.6 Å². The molecule has 66 heavy (non-hydrogen) atoms. The Bertz CT molecular complexity index is 3130. The lowest BCUT2D eigenvalue weighted by molar-refractivity contribution is 0.601. The zero-order valence-electron chi connectivity index (χ0n) is 36.0. The zero-order valence-corrected chi connectivity index (χ0v) is 37.7. The highest BCUT2D eigenvalue weighted by molar-refractivity contribution is 7.96. The van der Waals surface area contributed by atoms with Crippen molar-refractivity contribution in [3.05, 3.63) is 250 Å². The van der Waals surface area contributed by atoms with Gasteiger partial charge in [-0.1, -0.05) is 120 Å². The highest BCUT2D eigenvalue weighted by Crippen LogP contribution is 2.39. The van der Waals surface area contributed by atoms with E-state index in [-0.39, 0.29) is 19.7 Å². The molecule has 0 bridgehead atoms. The fourth-order valence-corrected chi connectivity index (χ4v) is 9.76. The third kappa shape index (κ3) is 9.62. The topological polar surface area (TPSA) is 103 Å². The number of benzene rings is 8. The van der Waals surface area contributed by atoms with Crippen LogP contribution in [-0.2, 0) is 19.7 Å². The normalized spacial score (nSPS) is 11.9. The SMILES string of the molecule is [C-]#[N+]C(=Cc1ccc(N(c2ccc(C)cc2)c2ccc(-c3ccc(N(c4ccc(C)cc4)c4ccc(C=C(C#N)S(=O)(=O)c5ccccc5)cc4)cc3)cc2)cc1)S(=O)(=O)c1ccccc1. The molecule has 0 unspecified atom stereocenters. The van der Waals surface area contributed by atoms with E-state index in [1.165, 1.54) is 36.4 Å². The minimum atomic E-state index is -3.98. The van der Waals surface area contributed by atoms with Crippen LogP contribution >= 0.6 is 0 Å². The molecule has 322 valence electrons. The second kappa shape index (κ2) is 19.2. The van der Waals surface area contributed by atoms with Crippen LogP contribution in [0.15, 0.2) is 226 Å². The van der Waals surface area contributed by atoms with Crippen LogP contribution in [0.4, 0.5) is 34.1 Å². The van der Waals surface area contributed by atoms with Crippen LogP contribution < -0.4 is 9.80 Å². The van der Waals surface area contributed by atoms with Crippen LogP contribution in [0, 0.1) is 31.8 Å². The first-order valence-electron chi connectivity index (χ1n) is 20.9. The lowest BCUT2D eigenvalue weighted by Crippen LogP contribution is -2.10. The Balaban J connectivity index is 1.07. The molecule has 0 saturated heterocycles. The molecule has 0 N–H and O–H groups in total. The van der Waals surface area contributed by atoms with Crippen molar-refractivity contribution in [1.29, 1.82) is 5.26 Å². The summed E-state index contributed by atoms with van der Waals surface area (Å²) in [6, 6.07) is 65.7. The molecule has 8 aromatic carbocycles. The number of nitriles is 1. The lowest BCUT2D eigenvalue weighted by atomic mass is 10.0. The molecular weight excluding hydrogens is 857 g/mol. The Hall–Kier alpha value is -8.28. The number of sulfone groups is 2. The summed E-state index contributed by atoms with van der Waals surface area (Å²) >= 11 is 0. The van der Waals surface area contributed by atoms with Crippen molar-refractivity contribution in [1.82, 2.24) is 0 Å². The van der Waals surface area contributed by atoms with Crippen LogP contribution in [0.1, 0.15) is 22.3 Å². The van der Waals surface area contributed by atoms with Gasteiger partial charge in [0, 0.05) is 34.1 Å². The van der Waals surface area contributed by atoms with Gasteiger partial charge in [0.15, 0.2) is 0 Å². The third-order valence-corrected chi connectivity index (χ3v) is 14.3. The van der Waals surface area contributed by atoms with Gasteiger partial charge in [0.2, 0.25) is 19.7 Å². The Morgan fingerprint density at radius 2 is 0.773 bits per heavy atom. The number of aryl methyl sites for hydroxylation is 2. The first kappa shape index (κ1) is 44.3. The standard InChI is InChI=1S/C56H42N4O4S2/c1-41-14-26-47(27-15-41)59(49-30-18-43(19-31-49)38-55(40-57)65(61,62)53-10-6-4-7-11-53)51-34-22-45(23-35-51)46-24-36-52(37-25-46)60(48-28-16-42(2)17-29-48)50-32-20-44(21-33-50)39-56(58-3)66(63,64)54-12-8-5-9-13-54/h4-39H,1-2H3. The molecule has 8 aromatic rings. The molecule has 0 aliphatic heterocycles. The van der Waals surface area contributed by atoms with Gasteiger partial charge in [-0.3, -0.25) is 0 Å². The largest absolute Gasteiger partial charge is 0.311 e. The molecule has 10 heteroatoms. The number of anilines is 6. The monoisotopic (exact) mass is 898 g/mol. The van der Waals surface area contributed by atoms with Gasteiger partial charge in [-0.2, -0.15) is 5.26 Å². The van der Waals surface area contributed by atoms with Crippen molar-refractivity contribution < 1.29 is 16.8 Å². The van der Waals surface area contributed by atoms with E-state index in [9.17, 15) is 22.1 Å². The van der Waals surface area contributed by atoms with E-state index in [2.05, 4.69) is 112 Å². The summed E-state index contributed by atoms with van der Waals surface area (Å²) in [5, 5.41) is 9.49. The summed E-state index contributed by atoms with van der Waals surface area (Å²) in [4.78, 5) is 7.43. The highest BCUT2D eigenvalue weighted by atomic mass is 32.2. The quantitative estimate of drug-likeness (QED) is 0.0838. The summed E-state index contributed by atoms with van der Waals surface area (Å²) in [6.45, 7) is 11.7. The van der Waals surface area contributed by atoms with Crippen LogP contribution in [0.3, 0.4) is 0 Å². The third-order valence-electron chi connectivity index (χ3n) is 11.0. The van der Waals surface area contributed by atoms with Crippen molar-refractivity contribution in [3.63, 3.8) is 0 Å². The van der Waals surface area contributed by atoms with Gasteiger partial charge in [-0.05, 0) is 145 Å². The average molecular weight is 899 g/mol. The molecule has 0 heterocycles. The van der Waals surface area contributed by atoms with E-state index in [4.69, 9.17) is 6.57 Å². The Labute approximate surface area is 386 Å². The van der Waals surface area contributed by atoms with Gasteiger partial charge in [0.05, 0.1) is 16.4 Å². The molecule has 8 nitrogen and oxygen atoms in total. The van der Waals surface area contributed by atoms with Gasteiger partial charge in [0.25, 0.3) is 5.03 Å². The molecule has 0 fully saturated rings. The fraction of sp³-hybridized carbons (Fsp3) is 0.0357. The second-order valence-corrected chi connectivity index (χ2v) is 19.3. The molecule has 0 aliphatic carbocycles. The van der Waals surface area contributed by atoms with Gasteiger partial charge in [-0.25, -0.2) is 21.7 Å². The fourth-order valence-electron chi connectivity index (χ4n) is 7.41. The van der Waals surface area contributed by atoms with Crippen LogP contribution in [0.2, 0.25) is 0 Å². The highest BCUT2D eigenvalue weighted by Gasteiger charge is 2.23. The molecule has 8 rings (SSSR count). The maximum atomic E-state index is 13.2. The number of hydrogen-bond acceptors (Lipinski definition) is 7. The first-order valence-corrected chi connectivity index (χ1v) is 23.9. The van der Waals surface area contributed by atoms with E-state index in [0.717, 1.165) is 56.4 Å². The van der Waals surface area contributed by atoms with Gasteiger partial charge in [-0.15, -0.1) is 0 Å². The molecule has 0 atom stereocenters. The molecular formula is C56H42N4O4S2. The summed E-state index contributed by atoms with van der Waals surface area (Å²) in [5.74, 6) is 0. The van der Waals surface area contributed by atoms with Crippen LogP contribution in [0.25, 0.3) is 28.1 Å². The minimum Gasteiger partial charge on any atom is -0.311 e. The smallest absolute Gasteiger partial charge is 0.283 e. The molecule has 0 amide bonds. The van der Waals surface area contributed by atoms with E-state index < -0.39 is 19.7 Å². The van der Waals surface area contributed by atoms with E-state index in [1.807, 2.05) is 56.3 Å². The zero-order chi connectivity index (χ0) is 46.3. The van der Waals surface area contributed by atoms with Crippen molar-refractivity contribution in [3.8, 4) is 17.2 Å². The van der Waals surface area contributed by atoms with Gasteiger partial charge >= 0.3 is 0 Å². The summed E-state index contributed by atoms with van der Waals surface area (Å²) < 4.78 is 52.9. The number of rotatable bonds is 13. The molecule has 0 spiro atoms. The molecule has 0 aromatic heterocycles. The second-order valence-electron chi connectivity index (χ2n) is 15.5.